The van der Waals surface area contributed by atoms with E-state index < -0.39 is 0 Å². The van der Waals surface area contributed by atoms with Crippen molar-refractivity contribution in [2.75, 3.05) is 13.2 Å². The first kappa shape index (κ1) is 8.30. The molecule has 1 aromatic heterocycles. The van der Waals surface area contributed by atoms with Crippen molar-refractivity contribution in [1.82, 2.24) is 4.98 Å². The summed E-state index contributed by atoms with van der Waals surface area (Å²) in [5.41, 5.74) is 6.33. The van der Waals surface area contributed by atoms with Gasteiger partial charge in [0.25, 0.3) is 0 Å². The zero-order chi connectivity index (χ0) is 8.10. The lowest BCUT2D eigenvalue weighted by Crippen LogP contribution is -2.05. The van der Waals surface area contributed by atoms with Gasteiger partial charge in [0.2, 0.25) is 0 Å². The molecule has 0 aliphatic carbocycles. The minimum atomic E-state index is 0.412. The number of aryl methyl sites for hydroxylation is 1. The molecule has 1 aliphatic heterocycles. The lowest BCUT2D eigenvalue weighted by Gasteiger charge is -1.71. The second-order valence-corrected chi connectivity index (χ2v) is 2.54. The van der Waals surface area contributed by atoms with Gasteiger partial charge < -0.3 is 15.5 Å². The fraction of sp³-hybridized carbons (Fsp3) is 0.500. The third-order valence-electron chi connectivity index (χ3n) is 1.42. The van der Waals surface area contributed by atoms with Crippen molar-refractivity contribution in [2.24, 2.45) is 5.73 Å². The van der Waals surface area contributed by atoms with E-state index in [0.717, 1.165) is 6.61 Å². The van der Waals surface area contributed by atoms with Crippen LogP contribution in [0.5, 0.6) is 0 Å². The number of hydrogen-bond donors (Lipinski definition) is 2. The number of epoxide rings is 1. The summed E-state index contributed by atoms with van der Waals surface area (Å²) in [7, 11) is 0. The highest BCUT2D eigenvalue weighted by Gasteiger charge is 2.18. The zero-order valence-corrected chi connectivity index (χ0v) is 6.71. The molecule has 11 heavy (non-hydrogen) atoms. The van der Waals surface area contributed by atoms with E-state index in [9.17, 15) is 0 Å². The molecular weight excluding hydrogens is 140 g/mol. The highest BCUT2D eigenvalue weighted by Crippen LogP contribution is 2.03. The molecule has 0 spiro atoms. The Hall–Kier alpha value is -0.800. The number of ether oxygens (including phenoxy) is 1. The summed E-state index contributed by atoms with van der Waals surface area (Å²) >= 11 is 0. The molecule has 1 atom stereocenters. The molecule has 1 unspecified atom stereocenters. The number of aromatic amines is 1. The van der Waals surface area contributed by atoms with Gasteiger partial charge in [0.15, 0.2) is 0 Å². The van der Waals surface area contributed by atoms with Crippen LogP contribution in [0.2, 0.25) is 0 Å². The number of rotatable bonds is 1. The van der Waals surface area contributed by atoms with Crippen LogP contribution in [0.25, 0.3) is 0 Å². The maximum atomic E-state index is 5.11. The highest BCUT2D eigenvalue weighted by atomic mass is 16.6. The average Bonchev–Trinajstić information content (AvgIpc) is 2.75. The summed E-state index contributed by atoms with van der Waals surface area (Å²) in [5, 5.41) is 0. The first-order valence-electron chi connectivity index (χ1n) is 3.74. The van der Waals surface area contributed by atoms with E-state index in [1.54, 1.807) is 0 Å². The molecule has 1 fully saturated rings. The Bertz CT molecular complexity index is 180. The van der Waals surface area contributed by atoms with Gasteiger partial charge >= 0.3 is 0 Å². The Morgan fingerprint density at radius 3 is 2.64 bits per heavy atom. The van der Waals surface area contributed by atoms with Crippen molar-refractivity contribution in [2.45, 2.75) is 13.0 Å². The van der Waals surface area contributed by atoms with Crippen LogP contribution in [-0.4, -0.2) is 24.2 Å². The largest absolute Gasteiger partial charge is 0.372 e. The van der Waals surface area contributed by atoms with Crippen LogP contribution in [0.4, 0.5) is 0 Å². The smallest absolute Gasteiger partial charge is 0.0931 e. The third-order valence-corrected chi connectivity index (χ3v) is 1.42. The molecular formula is C8H14N2O. The molecule has 1 aliphatic rings. The first-order valence-corrected chi connectivity index (χ1v) is 3.74. The number of nitrogens with one attached hydrogen (secondary N) is 1. The molecule has 2 rings (SSSR count). The Labute approximate surface area is 66.6 Å². The van der Waals surface area contributed by atoms with Crippen molar-refractivity contribution in [3.63, 3.8) is 0 Å². The topological polar surface area (TPSA) is 54.3 Å². The zero-order valence-electron chi connectivity index (χ0n) is 6.71. The second kappa shape index (κ2) is 4.16. The summed E-state index contributed by atoms with van der Waals surface area (Å²) < 4.78 is 4.73. The van der Waals surface area contributed by atoms with Gasteiger partial charge in [0.05, 0.1) is 12.7 Å². The van der Waals surface area contributed by atoms with Crippen molar-refractivity contribution in [3.05, 3.63) is 24.0 Å². The van der Waals surface area contributed by atoms with E-state index >= 15 is 0 Å². The van der Waals surface area contributed by atoms with E-state index in [2.05, 4.69) is 4.98 Å². The molecule has 0 bridgehead atoms. The van der Waals surface area contributed by atoms with Crippen molar-refractivity contribution >= 4 is 0 Å². The maximum absolute atomic E-state index is 5.11. The minimum absolute atomic E-state index is 0.412. The van der Waals surface area contributed by atoms with Crippen molar-refractivity contribution in [1.29, 1.82) is 0 Å². The average molecular weight is 154 g/mol. The summed E-state index contributed by atoms with van der Waals surface area (Å²) in [6.45, 7) is 3.61. The predicted octanol–water partition coefficient (Wildman–Crippen LogP) is 0.667. The molecule has 0 amide bonds. The summed E-state index contributed by atoms with van der Waals surface area (Å²) in [6, 6.07) is 4.01. The van der Waals surface area contributed by atoms with E-state index in [-0.39, 0.29) is 0 Å². The summed E-state index contributed by atoms with van der Waals surface area (Å²) in [6.07, 6.45) is 2.32. The van der Waals surface area contributed by atoms with E-state index in [1.165, 1.54) is 5.69 Å². The minimum Gasteiger partial charge on any atom is -0.372 e. The van der Waals surface area contributed by atoms with Crippen LogP contribution in [0.15, 0.2) is 18.3 Å². The summed E-state index contributed by atoms with van der Waals surface area (Å²) in [4.78, 5) is 3.00. The van der Waals surface area contributed by atoms with E-state index in [4.69, 9.17) is 10.5 Å². The first-order chi connectivity index (χ1) is 5.33. The molecule has 2 heterocycles. The quantitative estimate of drug-likeness (QED) is 0.584. The Balaban J connectivity index is 0.000000112. The van der Waals surface area contributed by atoms with E-state index in [0.29, 0.717) is 12.6 Å². The van der Waals surface area contributed by atoms with E-state index in [1.807, 2.05) is 25.3 Å². The molecule has 1 aromatic rings. The second-order valence-electron chi connectivity index (χ2n) is 2.54. The number of aromatic nitrogens is 1. The molecule has 0 aromatic carbocycles. The van der Waals surface area contributed by atoms with Gasteiger partial charge in [-0.25, -0.2) is 0 Å². The van der Waals surface area contributed by atoms with Gasteiger partial charge in [-0.05, 0) is 19.1 Å². The Morgan fingerprint density at radius 1 is 1.82 bits per heavy atom. The van der Waals surface area contributed by atoms with Crippen LogP contribution < -0.4 is 5.73 Å². The molecule has 3 heteroatoms. The van der Waals surface area contributed by atoms with Gasteiger partial charge in [-0.1, -0.05) is 0 Å². The van der Waals surface area contributed by atoms with Crippen LogP contribution in [-0.2, 0) is 4.74 Å². The Kier molecular flexibility index (Phi) is 3.14. The Morgan fingerprint density at radius 2 is 2.55 bits per heavy atom. The lowest BCUT2D eigenvalue weighted by molar-refractivity contribution is 0.412. The maximum Gasteiger partial charge on any atom is 0.0931 e. The summed E-state index contributed by atoms with van der Waals surface area (Å²) in [5.74, 6) is 0. The van der Waals surface area contributed by atoms with Gasteiger partial charge in [-0.3, -0.25) is 0 Å². The third kappa shape index (κ3) is 3.80. The molecule has 3 nitrogen and oxygen atoms in total. The fourth-order valence-electron chi connectivity index (χ4n) is 0.624. The van der Waals surface area contributed by atoms with Gasteiger partial charge in [0.1, 0.15) is 0 Å². The van der Waals surface area contributed by atoms with Gasteiger partial charge in [0, 0.05) is 18.4 Å². The lowest BCUT2D eigenvalue weighted by atomic mass is 10.5. The number of hydrogen-bond acceptors (Lipinski definition) is 2. The standard InChI is InChI=1S/C5H7N.C3H7NO/c1-5-3-2-4-6-5;4-1-3-2-5-3/h2-4,6H,1H3;3H,1-2,4H2. The van der Waals surface area contributed by atoms with Crippen LogP contribution >= 0.6 is 0 Å². The van der Waals surface area contributed by atoms with Crippen LogP contribution in [0.1, 0.15) is 5.69 Å². The van der Waals surface area contributed by atoms with Crippen LogP contribution in [0.3, 0.4) is 0 Å². The normalized spacial score (nSPS) is 20.4. The monoisotopic (exact) mass is 154 g/mol. The van der Waals surface area contributed by atoms with Crippen LogP contribution in [0, 0.1) is 6.92 Å². The fourth-order valence-corrected chi connectivity index (χ4v) is 0.624. The number of nitrogens with two attached hydrogens (primary N) is 1. The molecule has 0 radical (unpaired) electrons. The van der Waals surface area contributed by atoms with Gasteiger partial charge in [-0.15, -0.1) is 0 Å². The van der Waals surface area contributed by atoms with Gasteiger partial charge in [-0.2, -0.15) is 0 Å². The molecule has 62 valence electrons. The molecule has 1 saturated heterocycles. The predicted molar refractivity (Wildman–Crippen MR) is 44.3 cm³/mol. The highest BCUT2D eigenvalue weighted by molar-refractivity contribution is 4.99. The number of H-pyrrole nitrogens is 1. The van der Waals surface area contributed by atoms with Crippen molar-refractivity contribution < 1.29 is 4.74 Å². The SMILES string of the molecule is Cc1ccc[nH]1.NCC1CO1. The van der Waals surface area contributed by atoms with Crippen molar-refractivity contribution in [3.8, 4) is 0 Å². The molecule has 0 saturated carbocycles. The molecule has 3 N–H and O–H groups in total.